The van der Waals surface area contributed by atoms with Crippen LogP contribution in [0.5, 0.6) is 0 Å². The quantitative estimate of drug-likeness (QED) is 0.717. The molecule has 4 nitrogen and oxygen atoms in total. The molecule has 0 unspecified atom stereocenters. The Kier molecular flexibility index (Phi) is 4.00. The standard InChI is InChI=1S/C11H14N2O2/c1-8-3-5-10(6-4-8)11(15)13-12-7-9(2)14/h3-6,12H,7H2,1-2H3,(H,13,15). The fourth-order valence-electron chi connectivity index (χ4n) is 1.03. The van der Waals surface area contributed by atoms with Gasteiger partial charge in [0.25, 0.3) is 5.91 Å². The van der Waals surface area contributed by atoms with Crippen LogP contribution in [0.3, 0.4) is 0 Å². The van der Waals surface area contributed by atoms with Gasteiger partial charge in [0.1, 0.15) is 5.78 Å². The highest BCUT2D eigenvalue weighted by molar-refractivity contribution is 5.94. The van der Waals surface area contributed by atoms with Gasteiger partial charge < -0.3 is 0 Å². The van der Waals surface area contributed by atoms with Gasteiger partial charge in [0.2, 0.25) is 0 Å². The summed E-state index contributed by atoms with van der Waals surface area (Å²) in [6.45, 7) is 3.54. The Morgan fingerprint density at radius 2 is 1.80 bits per heavy atom. The highest BCUT2D eigenvalue weighted by atomic mass is 16.2. The second-order valence-electron chi connectivity index (χ2n) is 3.38. The highest BCUT2D eigenvalue weighted by Gasteiger charge is 2.03. The van der Waals surface area contributed by atoms with E-state index in [4.69, 9.17) is 0 Å². The van der Waals surface area contributed by atoms with E-state index >= 15 is 0 Å². The van der Waals surface area contributed by atoms with Crippen molar-refractivity contribution in [2.24, 2.45) is 0 Å². The largest absolute Gasteiger partial charge is 0.299 e. The average molecular weight is 206 g/mol. The van der Waals surface area contributed by atoms with Crippen LogP contribution in [-0.4, -0.2) is 18.2 Å². The SMILES string of the molecule is CC(=O)CNNC(=O)c1ccc(C)cc1. The zero-order chi connectivity index (χ0) is 11.3. The van der Waals surface area contributed by atoms with Crippen molar-refractivity contribution in [3.8, 4) is 0 Å². The third-order valence-corrected chi connectivity index (χ3v) is 1.85. The molecule has 0 saturated heterocycles. The number of benzene rings is 1. The molecule has 0 aliphatic carbocycles. The van der Waals surface area contributed by atoms with Gasteiger partial charge in [-0.25, -0.2) is 5.43 Å². The molecule has 4 heteroatoms. The molecule has 0 saturated carbocycles. The van der Waals surface area contributed by atoms with Crippen molar-refractivity contribution in [2.75, 3.05) is 6.54 Å². The summed E-state index contributed by atoms with van der Waals surface area (Å²) in [5, 5.41) is 0. The van der Waals surface area contributed by atoms with Crippen LogP contribution in [0, 0.1) is 6.92 Å². The predicted octanol–water partition coefficient (Wildman–Crippen LogP) is 0.818. The maximum absolute atomic E-state index is 11.5. The Hall–Kier alpha value is -1.68. The number of carbonyl (C=O) groups is 2. The summed E-state index contributed by atoms with van der Waals surface area (Å²) in [4.78, 5) is 22.0. The van der Waals surface area contributed by atoms with Gasteiger partial charge in [-0.05, 0) is 26.0 Å². The van der Waals surface area contributed by atoms with E-state index in [2.05, 4.69) is 10.9 Å². The maximum atomic E-state index is 11.5. The summed E-state index contributed by atoms with van der Waals surface area (Å²) >= 11 is 0. The van der Waals surface area contributed by atoms with E-state index in [9.17, 15) is 9.59 Å². The van der Waals surface area contributed by atoms with Gasteiger partial charge in [-0.2, -0.15) is 0 Å². The van der Waals surface area contributed by atoms with Crippen molar-refractivity contribution >= 4 is 11.7 Å². The molecule has 1 aromatic rings. The zero-order valence-corrected chi connectivity index (χ0v) is 8.83. The third kappa shape index (κ3) is 3.91. The number of nitrogens with one attached hydrogen (secondary N) is 2. The van der Waals surface area contributed by atoms with E-state index in [-0.39, 0.29) is 18.2 Å². The van der Waals surface area contributed by atoms with Crippen LogP contribution in [0.2, 0.25) is 0 Å². The second kappa shape index (κ2) is 5.26. The molecule has 2 N–H and O–H groups in total. The van der Waals surface area contributed by atoms with Crippen LogP contribution in [-0.2, 0) is 4.79 Å². The summed E-state index contributed by atoms with van der Waals surface area (Å²) in [7, 11) is 0. The van der Waals surface area contributed by atoms with Crippen molar-refractivity contribution < 1.29 is 9.59 Å². The van der Waals surface area contributed by atoms with Crippen molar-refractivity contribution in [2.45, 2.75) is 13.8 Å². The number of hydrogen-bond donors (Lipinski definition) is 2. The average Bonchev–Trinajstić information content (AvgIpc) is 2.18. The van der Waals surface area contributed by atoms with Crippen molar-refractivity contribution in [3.05, 3.63) is 35.4 Å². The minimum Gasteiger partial charge on any atom is -0.299 e. The first-order valence-electron chi connectivity index (χ1n) is 4.69. The van der Waals surface area contributed by atoms with Gasteiger partial charge in [0.05, 0.1) is 6.54 Å². The van der Waals surface area contributed by atoms with E-state index in [1.807, 2.05) is 19.1 Å². The lowest BCUT2D eigenvalue weighted by Crippen LogP contribution is -2.39. The van der Waals surface area contributed by atoms with E-state index < -0.39 is 0 Å². The maximum Gasteiger partial charge on any atom is 0.265 e. The van der Waals surface area contributed by atoms with E-state index in [1.165, 1.54) is 6.92 Å². The number of rotatable bonds is 4. The van der Waals surface area contributed by atoms with E-state index in [1.54, 1.807) is 12.1 Å². The number of hydrogen-bond acceptors (Lipinski definition) is 3. The molecule has 0 fully saturated rings. The number of carbonyl (C=O) groups excluding carboxylic acids is 2. The van der Waals surface area contributed by atoms with Crippen LogP contribution in [0.15, 0.2) is 24.3 Å². The molecule has 0 spiro atoms. The molecule has 0 aromatic heterocycles. The fraction of sp³-hybridized carbons (Fsp3) is 0.273. The van der Waals surface area contributed by atoms with Crippen LogP contribution in [0.25, 0.3) is 0 Å². The molecule has 0 aliphatic heterocycles. The summed E-state index contributed by atoms with van der Waals surface area (Å²) in [6, 6.07) is 7.19. The third-order valence-electron chi connectivity index (χ3n) is 1.85. The number of ketones is 1. The smallest absolute Gasteiger partial charge is 0.265 e. The topological polar surface area (TPSA) is 58.2 Å². The molecule has 80 valence electrons. The molecule has 0 heterocycles. The van der Waals surface area contributed by atoms with Gasteiger partial charge in [0.15, 0.2) is 0 Å². The Labute approximate surface area is 88.6 Å². The molecule has 0 radical (unpaired) electrons. The first kappa shape index (κ1) is 11.4. The Morgan fingerprint density at radius 1 is 1.20 bits per heavy atom. The van der Waals surface area contributed by atoms with Crippen LogP contribution in [0.4, 0.5) is 0 Å². The lowest BCUT2D eigenvalue weighted by molar-refractivity contribution is -0.116. The number of aryl methyl sites for hydroxylation is 1. The molecule has 1 aromatic carbocycles. The minimum absolute atomic E-state index is 0.0285. The van der Waals surface area contributed by atoms with Gasteiger partial charge in [-0.1, -0.05) is 17.7 Å². The van der Waals surface area contributed by atoms with Gasteiger partial charge in [-0.3, -0.25) is 15.0 Å². The summed E-state index contributed by atoms with van der Waals surface area (Å²) in [5.41, 5.74) is 6.66. The zero-order valence-electron chi connectivity index (χ0n) is 8.83. The predicted molar refractivity (Wildman–Crippen MR) is 57.3 cm³/mol. The van der Waals surface area contributed by atoms with Crippen LogP contribution in [0.1, 0.15) is 22.8 Å². The number of Topliss-reactive ketones (excluding diaryl/α,β-unsaturated/α-hetero) is 1. The lowest BCUT2D eigenvalue weighted by Gasteiger charge is -2.05. The molecule has 0 atom stereocenters. The molecular formula is C11H14N2O2. The van der Waals surface area contributed by atoms with Gasteiger partial charge in [-0.15, -0.1) is 0 Å². The van der Waals surface area contributed by atoms with Crippen molar-refractivity contribution in [1.29, 1.82) is 0 Å². The molecule has 1 amide bonds. The molecular weight excluding hydrogens is 192 g/mol. The number of amides is 1. The highest BCUT2D eigenvalue weighted by Crippen LogP contribution is 2.01. The minimum atomic E-state index is -0.240. The van der Waals surface area contributed by atoms with Crippen LogP contribution >= 0.6 is 0 Å². The van der Waals surface area contributed by atoms with Gasteiger partial charge in [0, 0.05) is 5.56 Å². The lowest BCUT2D eigenvalue weighted by atomic mass is 10.1. The Morgan fingerprint density at radius 3 is 2.33 bits per heavy atom. The Bertz CT molecular complexity index is 357. The fourth-order valence-corrected chi connectivity index (χ4v) is 1.03. The van der Waals surface area contributed by atoms with Crippen molar-refractivity contribution in [1.82, 2.24) is 10.9 Å². The molecule has 0 aliphatic rings. The van der Waals surface area contributed by atoms with Crippen LogP contribution < -0.4 is 10.9 Å². The monoisotopic (exact) mass is 206 g/mol. The summed E-state index contributed by atoms with van der Waals surface area (Å²) < 4.78 is 0. The normalized spacial score (nSPS) is 9.73. The van der Waals surface area contributed by atoms with E-state index in [0.29, 0.717) is 5.56 Å². The summed E-state index contributed by atoms with van der Waals surface area (Å²) in [5.74, 6) is -0.268. The van der Waals surface area contributed by atoms with Gasteiger partial charge >= 0.3 is 0 Å². The first-order chi connectivity index (χ1) is 7.09. The molecule has 15 heavy (non-hydrogen) atoms. The van der Waals surface area contributed by atoms with E-state index in [0.717, 1.165) is 5.56 Å². The second-order valence-corrected chi connectivity index (χ2v) is 3.38. The van der Waals surface area contributed by atoms with Crippen molar-refractivity contribution in [3.63, 3.8) is 0 Å². The number of hydrazine groups is 1. The molecule has 1 rings (SSSR count). The Balaban J connectivity index is 2.47. The summed E-state index contributed by atoms with van der Waals surface area (Å²) in [6.07, 6.45) is 0. The first-order valence-corrected chi connectivity index (χ1v) is 4.69. The molecule has 0 bridgehead atoms.